The number of halogens is 1. The first-order chi connectivity index (χ1) is 15.3. The highest BCUT2D eigenvalue weighted by Gasteiger charge is 2.45. The Morgan fingerprint density at radius 1 is 1.18 bits per heavy atom. The Labute approximate surface area is 203 Å². The Morgan fingerprint density at radius 3 is 2.45 bits per heavy atom. The van der Waals surface area contributed by atoms with Crippen molar-refractivity contribution < 1.29 is 19.4 Å². The summed E-state index contributed by atoms with van der Waals surface area (Å²) in [7, 11) is 0. The Kier molecular flexibility index (Phi) is 7.55. The van der Waals surface area contributed by atoms with Crippen molar-refractivity contribution >= 4 is 23.7 Å². The van der Waals surface area contributed by atoms with Gasteiger partial charge in [0.1, 0.15) is 11.0 Å². The molecule has 0 saturated carbocycles. The van der Waals surface area contributed by atoms with Gasteiger partial charge in [0.05, 0.1) is 11.3 Å². The maximum absolute atomic E-state index is 12.5. The zero-order valence-corrected chi connectivity index (χ0v) is 21.2. The second-order valence-corrected chi connectivity index (χ2v) is 11.5. The Morgan fingerprint density at radius 2 is 1.85 bits per heavy atom. The summed E-state index contributed by atoms with van der Waals surface area (Å²) in [5.74, 6) is 4.96. The van der Waals surface area contributed by atoms with Gasteiger partial charge in [-0.25, -0.2) is 4.79 Å². The van der Waals surface area contributed by atoms with Crippen molar-refractivity contribution in [3.63, 3.8) is 0 Å². The molecule has 3 rings (SSSR count). The van der Waals surface area contributed by atoms with Crippen molar-refractivity contribution in [3.8, 4) is 11.8 Å². The molecule has 0 aromatic rings. The number of carboxylic acid groups (broad SMARTS) is 1. The number of rotatable bonds is 3. The van der Waals surface area contributed by atoms with E-state index in [0.717, 1.165) is 44.3 Å². The molecule has 2 atom stereocenters. The van der Waals surface area contributed by atoms with Gasteiger partial charge in [-0.05, 0) is 72.4 Å². The number of carbonyl (C=O) groups excluding carboxylic acids is 1. The molecule has 7 heteroatoms. The summed E-state index contributed by atoms with van der Waals surface area (Å²) < 4.78 is 5.56. The SMILES string of the molecule is CC(C)(C)OC(=O)N1CCC2(CCCN2CC2=CC=CC(Cl)C2C#CC(C)(C)C(=O)O)CC1. The summed E-state index contributed by atoms with van der Waals surface area (Å²) >= 11 is 6.60. The molecule has 6 nitrogen and oxygen atoms in total. The third-order valence-electron chi connectivity index (χ3n) is 6.86. The van der Waals surface area contributed by atoms with Crippen LogP contribution in [0.5, 0.6) is 0 Å². The molecular formula is C26H37ClN2O4. The van der Waals surface area contributed by atoms with E-state index in [4.69, 9.17) is 16.3 Å². The fraction of sp³-hybridized carbons (Fsp3) is 0.692. The molecule has 3 aliphatic rings. The Hall–Kier alpha value is -1.97. The normalized spacial score (nSPS) is 25.4. The quantitative estimate of drug-likeness (QED) is 0.472. The van der Waals surface area contributed by atoms with Gasteiger partial charge in [0.25, 0.3) is 0 Å². The summed E-state index contributed by atoms with van der Waals surface area (Å²) in [5.41, 5.74) is -0.412. The lowest BCUT2D eigenvalue weighted by Gasteiger charge is -2.45. The average Bonchev–Trinajstić information content (AvgIpc) is 3.08. The number of ether oxygens (including phenoxy) is 1. The number of aliphatic carboxylic acids is 1. The second-order valence-electron chi connectivity index (χ2n) is 11.0. The number of carboxylic acids is 1. The third-order valence-corrected chi connectivity index (χ3v) is 7.26. The minimum Gasteiger partial charge on any atom is -0.480 e. The van der Waals surface area contributed by atoms with Crippen LogP contribution in [0.15, 0.2) is 23.8 Å². The molecule has 2 fully saturated rings. The molecule has 2 aliphatic heterocycles. The van der Waals surface area contributed by atoms with Crippen LogP contribution >= 0.6 is 11.6 Å². The molecule has 0 bridgehead atoms. The van der Waals surface area contributed by atoms with Crippen molar-refractivity contribution in [1.82, 2.24) is 9.80 Å². The van der Waals surface area contributed by atoms with Crippen LogP contribution in [0.1, 0.15) is 60.3 Å². The minimum atomic E-state index is -1.12. The van der Waals surface area contributed by atoms with Crippen LogP contribution in [0, 0.1) is 23.2 Å². The van der Waals surface area contributed by atoms with Crippen LogP contribution < -0.4 is 0 Å². The van der Waals surface area contributed by atoms with E-state index in [1.807, 2.05) is 37.8 Å². The van der Waals surface area contributed by atoms with E-state index in [2.05, 4.69) is 22.8 Å². The summed E-state index contributed by atoms with van der Waals surface area (Å²) in [6.07, 6.45) is 9.81. The van der Waals surface area contributed by atoms with Gasteiger partial charge < -0.3 is 14.7 Å². The predicted octanol–water partition coefficient (Wildman–Crippen LogP) is 4.69. The fourth-order valence-electron chi connectivity index (χ4n) is 4.80. The number of alkyl halides is 1. The number of carbonyl (C=O) groups is 2. The number of nitrogens with zero attached hydrogens (tertiary/aromatic N) is 2. The van der Waals surface area contributed by atoms with E-state index in [9.17, 15) is 14.7 Å². The maximum atomic E-state index is 12.5. The molecule has 0 aromatic heterocycles. The molecule has 2 unspecified atom stereocenters. The molecule has 1 amide bonds. The van der Waals surface area contributed by atoms with Crippen LogP contribution in [0.3, 0.4) is 0 Å². The highest BCUT2D eigenvalue weighted by Crippen LogP contribution is 2.40. The van der Waals surface area contributed by atoms with Gasteiger partial charge in [0, 0.05) is 25.2 Å². The van der Waals surface area contributed by atoms with E-state index >= 15 is 0 Å². The average molecular weight is 477 g/mol. The van der Waals surface area contributed by atoms with Crippen molar-refractivity contribution in [2.24, 2.45) is 11.3 Å². The number of amides is 1. The highest BCUT2D eigenvalue weighted by atomic mass is 35.5. The van der Waals surface area contributed by atoms with Crippen LogP contribution in [0.2, 0.25) is 0 Å². The zero-order chi connectivity index (χ0) is 24.4. The Bertz CT molecular complexity index is 882. The lowest BCUT2D eigenvalue weighted by Crippen LogP contribution is -2.54. The minimum absolute atomic E-state index is 0.0701. The van der Waals surface area contributed by atoms with Gasteiger partial charge in [0.2, 0.25) is 0 Å². The number of allylic oxidation sites excluding steroid dienone is 3. The maximum Gasteiger partial charge on any atom is 0.410 e. The second kappa shape index (κ2) is 9.72. The van der Waals surface area contributed by atoms with Gasteiger partial charge in [-0.3, -0.25) is 9.69 Å². The standard InChI is InChI=1S/C26H37ClN2O4/c1-24(2,3)33-23(32)28-16-13-26(14-17-28)11-7-15-29(26)18-19-8-6-9-21(27)20(19)10-12-25(4,5)22(30)31/h6,8-9,20-21H,7,11,13-18H2,1-5H3,(H,30,31). The number of hydrogen-bond donors (Lipinski definition) is 1. The van der Waals surface area contributed by atoms with Gasteiger partial charge in [-0.2, -0.15) is 0 Å². The molecular weight excluding hydrogens is 440 g/mol. The lowest BCUT2D eigenvalue weighted by molar-refractivity contribution is -0.143. The topological polar surface area (TPSA) is 70.1 Å². The molecule has 0 radical (unpaired) electrons. The first kappa shape index (κ1) is 25.6. The molecule has 1 aliphatic carbocycles. The molecule has 1 N–H and O–H groups in total. The summed E-state index contributed by atoms with van der Waals surface area (Å²) in [6.45, 7) is 12.0. The van der Waals surface area contributed by atoms with Gasteiger partial charge >= 0.3 is 12.1 Å². The first-order valence-electron chi connectivity index (χ1n) is 11.8. The van der Waals surface area contributed by atoms with E-state index in [1.165, 1.54) is 0 Å². The lowest BCUT2D eigenvalue weighted by atomic mass is 9.83. The third kappa shape index (κ3) is 6.13. The van der Waals surface area contributed by atoms with E-state index < -0.39 is 17.0 Å². The van der Waals surface area contributed by atoms with Crippen LogP contribution in [-0.4, -0.2) is 69.7 Å². The molecule has 1 spiro atoms. The summed E-state index contributed by atoms with van der Waals surface area (Å²) in [6, 6.07) is 0. The van der Waals surface area contributed by atoms with Crippen molar-refractivity contribution in [1.29, 1.82) is 0 Å². The van der Waals surface area contributed by atoms with Crippen LogP contribution in [0.25, 0.3) is 0 Å². The van der Waals surface area contributed by atoms with Crippen LogP contribution in [0.4, 0.5) is 4.79 Å². The number of hydrogen-bond acceptors (Lipinski definition) is 4. The largest absolute Gasteiger partial charge is 0.480 e. The van der Waals surface area contributed by atoms with E-state index in [0.29, 0.717) is 13.1 Å². The molecule has 2 saturated heterocycles. The van der Waals surface area contributed by atoms with Gasteiger partial charge in [0.15, 0.2) is 0 Å². The molecule has 33 heavy (non-hydrogen) atoms. The van der Waals surface area contributed by atoms with Gasteiger partial charge in [-0.15, -0.1) is 11.6 Å². The predicted molar refractivity (Wildman–Crippen MR) is 130 cm³/mol. The fourth-order valence-corrected chi connectivity index (χ4v) is 5.11. The molecule has 182 valence electrons. The zero-order valence-electron chi connectivity index (χ0n) is 20.5. The first-order valence-corrected chi connectivity index (χ1v) is 12.3. The molecule has 0 aromatic carbocycles. The van der Waals surface area contributed by atoms with E-state index in [1.54, 1.807) is 13.8 Å². The van der Waals surface area contributed by atoms with E-state index in [-0.39, 0.29) is 22.9 Å². The monoisotopic (exact) mass is 476 g/mol. The summed E-state index contributed by atoms with van der Waals surface area (Å²) in [5, 5.41) is 9.13. The number of piperidine rings is 1. The molecule has 2 heterocycles. The van der Waals surface area contributed by atoms with Crippen molar-refractivity contribution in [2.45, 2.75) is 76.8 Å². The smallest absolute Gasteiger partial charge is 0.410 e. The van der Waals surface area contributed by atoms with Crippen molar-refractivity contribution in [2.75, 3.05) is 26.2 Å². The summed E-state index contributed by atoms with van der Waals surface area (Å²) in [4.78, 5) is 28.3. The Balaban J connectivity index is 1.70. The van der Waals surface area contributed by atoms with Crippen LogP contribution in [-0.2, 0) is 9.53 Å². The highest BCUT2D eigenvalue weighted by molar-refractivity contribution is 6.22. The van der Waals surface area contributed by atoms with Gasteiger partial charge in [-0.1, -0.05) is 30.1 Å². The number of likely N-dealkylation sites (tertiary alicyclic amines) is 2. The van der Waals surface area contributed by atoms with Crippen molar-refractivity contribution in [3.05, 3.63) is 23.8 Å².